The van der Waals surface area contributed by atoms with Gasteiger partial charge in [0.15, 0.2) is 0 Å². The maximum absolute atomic E-state index is 12.8. The minimum absolute atomic E-state index is 0.0305. The Bertz CT molecular complexity index is 1050. The fraction of sp³-hybridized carbons (Fsp3) is 0.391. The summed E-state index contributed by atoms with van der Waals surface area (Å²) >= 11 is 4.80. The summed E-state index contributed by atoms with van der Waals surface area (Å²) in [6, 6.07) is 7.99. The van der Waals surface area contributed by atoms with Crippen molar-refractivity contribution in [2.75, 3.05) is 38.1 Å². The highest BCUT2D eigenvalue weighted by molar-refractivity contribution is 7.17. The van der Waals surface area contributed by atoms with Gasteiger partial charge in [0.25, 0.3) is 5.91 Å². The summed E-state index contributed by atoms with van der Waals surface area (Å²) in [5.41, 5.74) is 2.37. The van der Waals surface area contributed by atoms with E-state index in [1.54, 1.807) is 27.6 Å². The van der Waals surface area contributed by atoms with E-state index in [9.17, 15) is 9.59 Å². The molecule has 1 aliphatic rings. The number of ether oxygens (including phenoxy) is 1. The number of nitrogens with one attached hydrogen (secondary N) is 1. The van der Waals surface area contributed by atoms with Gasteiger partial charge in [0.2, 0.25) is 0 Å². The van der Waals surface area contributed by atoms with Gasteiger partial charge in [0.1, 0.15) is 5.00 Å². The summed E-state index contributed by atoms with van der Waals surface area (Å²) in [5, 5.41) is 8.10. The number of thiophene rings is 3. The number of amides is 2. The van der Waals surface area contributed by atoms with E-state index in [4.69, 9.17) is 4.74 Å². The van der Waals surface area contributed by atoms with E-state index >= 15 is 0 Å². The molecule has 1 unspecified atom stereocenters. The number of anilines is 1. The third-order valence-electron chi connectivity index (χ3n) is 5.70. The van der Waals surface area contributed by atoms with Crippen LogP contribution in [-0.2, 0) is 4.74 Å². The van der Waals surface area contributed by atoms with Gasteiger partial charge >= 0.3 is 6.09 Å². The summed E-state index contributed by atoms with van der Waals surface area (Å²) < 4.78 is 5.18. The molecule has 2 amide bonds. The van der Waals surface area contributed by atoms with Crippen LogP contribution in [0.3, 0.4) is 0 Å². The van der Waals surface area contributed by atoms with Crippen molar-refractivity contribution in [3.8, 4) is 0 Å². The minimum atomic E-state index is -0.244. The van der Waals surface area contributed by atoms with Crippen molar-refractivity contribution >= 4 is 51.0 Å². The standard InChI is InChI=1S/C23H27N3O3S3/c1-4-29-23(28)26-11-9-25(10-12-26)20(17-7-5-13-30-17)19-15(2)16(3)32-22(19)24-21(27)18-8-6-14-31-18/h5-8,13-14,20H,4,9-12H2,1-3H3,(H,24,27). The van der Waals surface area contributed by atoms with E-state index in [1.807, 2.05) is 24.4 Å². The second kappa shape index (κ2) is 10.2. The molecule has 0 bridgehead atoms. The number of hydrogen-bond donors (Lipinski definition) is 1. The van der Waals surface area contributed by atoms with Crippen LogP contribution in [0, 0.1) is 13.8 Å². The second-order valence-corrected chi connectivity index (χ2v) is 10.7. The van der Waals surface area contributed by atoms with Crippen LogP contribution in [0.5, 0.6) is 0 Å². The molecule has 1 aliphatic heterocycles. The molecule has 1 N–H and O–H groups in total. The Kier molecular flexibility index (Phi) is 7.30. The average molecular weight is 490 g/mol. The molecule has 0 spiro atoms. The van der Waals surface area contributed by atoms with E-state index in [-0.39, 0.29) is 18.0 Å². The summed E-state index contributed by atoms with van der Waals surface area (Å²) in [4.78, 5) is 32.3. The molecule has 4 rings (SSSR count). The Labute approximate surface area is 200 Å². The molecule has 3 aromatic rings. The number of rotatable bonds is 6. The summed E-state index contributed by atoms with van der Waals surface area (Å²) in [6.45, 7) is 9.19. The average Bonchev–Trinajstić information content (AvgIpc) is 3.55. The maximum Gasteiger partial charge on any atom is 0.409 e. The van der Waals surface area contributed by atoms with Gasteiger partial charge in [-0.15, -0.1) is 34.0 Å². The van der Waals surface area contributed by atoms with Gasteiger partial charge in [-0.05, 0) is 49.2 Å². The number of carbonyl (C=O) groups excluding carboxylic acids is 2. The van der Waals surface area contributed by atoms with E-state index in [0.29, 0.717) is 24.6 Å². The van der Waals surface area contributed by atoms with Crippen molar-refractivity contribution < 1.29 is 14.3 Å². The Balaban J connectivity index is 1.64. The van der Waals surface area contributed by atoms with Crippen LogP contribution in [0.25, 0.3) is 0 Å². The van der Waals surface area contributed by atoms with Crippen LogP contribution in [0.2, 0.25) is 0 Å². The van der Waals surface area contributed by atoms with Crippen LogP contribution < -0.4 is 5.32 Å². The first kappa shape index (κ1) is 23.0. The second-order valence-electron chi connectivity index (χ2n) is 7.60. The van der Waals surface area contributed by atoms with Gasteiger partial charge in [-0.3, -0.25) is 9.69 Å². The van der Waals surface area contributed by atoms with Gasteiger partial charge in [0, 0.05) is 41.5 Å². The summed E-state index contributed by atoms with van der Waals surface area (Å²) in [7, 11) is 0. The van der Waals surface area contributed by atoms with Crippen LogP contribution in [0.4, 0.5) is 9.80 Å². The third kappa shape index (κ3) is 4.76. The maximum atomic E-state index is 12.8. The largest absolute Gasteiger partial charge is 0.450 e. The fourth-order valence-corrected chi connectivity index (χ4v) is 6.54. The van der Waals surface area contributed by atoms with Crippen LogP contribution in [0.15, 0.2) is 35.0 Å². The molecule has 1 fully saturated rings. The van der Waals surface area contributed by atoms with Gasteiger partial charge < -0.3 is 15.0 Å². The molecule has 32 heavy (non-hydrogen) atoms. The number of hydrogen-bond acceptors (Lipinski definition) is 7. The summed E-state index contributed by atoms with van der Waals surface area (Å²) in [5.74, 6) is -0.0699. The molecule has 1 saturated heterocycles. The topological polar surface area (TPSA) is 61.9 Å². The zero-order valence-electron chi connectivity index (χ0n) is 18.4. The number of piperazine rings is 1. The number of aryl methyl sites for hydroxylation is 1. The smallest absolute Gasteiger partial charge is 0.409 e. The predicted molar refractivity (Wildman–Crippen MR) is 132 cm³/mol. The molecule has 9 heteroatoms. The highest BCUT2D eigenvalue weighted by Crippen LogP contribution is 2.43. The van der Waals surface area contributed by atoms with Crippen molar-refractivity contribution in [3.05, 3.63) is 60.8 Å². The molecular weight excluding hydrogens is 462 g/mol. The molecule has 170 valence electrons. The van der Waals surface area contributed by atoms with Gasteiger partial charge in [-0.25, -0.2) is 4.79 Å². The first-order chi connectivity index (χ1) is 15.5. The zero-order valence-corrected chi connectivity index (χ0v) is 20.9. The van der Waals surface area contributed by atoms with E-state index in [0.717, 1.165) is 23.7 Å². The van der Waals surface area contributed by atoms with E-state index in [2.05, 4.69) is 41.6 Å². The Morgan fingerprint density at radius 1 is 1.09 bits per heavy atom. The van der Waals surface area contributed by atoms with Gasteiger partial charge in [-0.1, -0.05) is 12.1 Å². The highest BCUT2D eigenvalue weighted by atomic mass is 32.1. The molecular formula is C23H27N3O3S3. The number of nitrogens with zero attached hydrogens (tertiary/aromatic N) is 2. The minimum Gasteiger partial charge on any atom is -0.450 e. The van der Waals surface area contributed by atoms with Gasteiger partial charge in [-0.2, -0.15) is 0 Å². The van der Waals surface area contributed by atoms with Crippen LogP contribution in [0.1, 0.15) is 43.5 Å². The monoisotopic (exact) mass is 489 g/mol. The quantitative estimate of drug-likeness (QED) is 0.489. The van der Waals surface area contributed by atoms with Crippen LogP contribution in [-0.4, -0.2) is 54.6 Å². The Morgan fingerprint density at radius 2 is 1.81 bits per heavy atom. The molecule has 1 atom stereocenters. The lowest BCUT2D eigenvalue weighted by Gasteiger charge is -2.39. The Morgan fingerprint density at radius 3 is 2.44 bits per heavy atom. The van der Waals surface area contributed by atoms with Crippen molar-refractivity contribution in [3.63, 3.8) is 0 Å². The molecule has 6 nitrogen and oxygen atoms in total. The van der Waals surface area contributed by atoms with Gasteiger partial charge in [0.05, 0.1) is 17.5 Å². The molecule has 0 saturated carbocycles. The van der Waals surface area contributed by atoms with E-state index < -0.39 is 0 Å². The molecule has 0 aliphatic carbocycles. The lowest BCUT2D eigenvalue weighted by atomic mass is 9.99. The normalized spacial score (nSPS) is 15.5. The lowest BCUT2D eigenvalue weighted by Crippen LogP contribution is -2.50. The van der Waals surface area contributed by atoms with Crippen molar-refractivity contribution in [1.29, 1.82) is 0 Å². The van der Waals surface area contributed by atoms with Crippen molar-refractivity contribution in [1.82, 2.24) is 9.80 Å². The fourth-order valence-electron chi connectivity index (χ4n) is 3.97. The molecule has 0 radical (unpaired) electrons. The SMILES string of the molecule is CCOC(=O)N1CCN(C(c2cccs2)c2c(NC(=O)c3cccs3)sc(C)c2C)CC1. The first-order valence-corrected chi connectivity index (χ1v) is 13.2. The molecule has 3 aromatic heterocycles. The first-order valence-electron chi connectivity index (χ1n) is 10.6. The predicted octanol–water partition coefficient (Wildman–Crippen LogP) is 5.60. The Hall–Kier alpha value is -2.20. The lowest BCUT2D eigenvalue weighted by molar-refractivity contribution is 0.0719. The highest BCUT2D eigenvalue weighted by Gasteiger charge is 2.33. The van der Waals surface area contributed by atoms with Crippen LogP contribution >= 0.6 is 34.0 Å². The van der Waals surface area contributed by atoms with Crippen molar-refractivity contribution in [2.45, 2.75) is 26.8 Å². The number of carbonyl (C=O) groups is 2. The van der Waals surface area contributed by atoms with E-state index in [1.165, 1.54) is 26.7 Å². The van der Waals surface area contributed by atoms with Crippen molar-refractivity contribution in [2.24, 2.45) is 0 Å². The molecule has 0 aromatic carbocycles. The zero-order chi connectivity index (χ0) is 22.7. The molecule has 4 heterocycles. The third-order valence-corrected chi connectivity index (χ3v) is 8.63. The summed E-state index contributed by atoms with van der Waals surface area (Å²) in [6.07, 6.45) is -0.244.